The first-order valence-electron chi connectivity index (χ1n) is 11.7. The number of hydrogen-bond acceptors (Lipinski definition) is 8. The summed E-state index contributed by atoms with van der Waals surface area (Å²) in [6.07, 6.45) is 2.21. The lowest BCUT2D eigenvalue weighted by molar-refractivity contribution is -0.132. The van der Waals surface area contributed by atoms with Gasteiger partial charge >= 0.3 is 5.97 Å². The van der Waals surface area contributed by atoms with Gasteiger partial charge in [0.2, 0.25) is 0 Å². The van der Waals surface area contributed by atoms with Gasteiger partial charge in [-0.1, -0.05) is 24.6 Å². The summed E-state index contributed by atoms with van der Waals surface area (Å²) in [7, 11) is 2.79. The zero-order valence-electron chi connectivity index (χ0n) is 20.9. The van der Waals surface area contributed by atoms with Crippen molar-refractivity contribution in [2.24, 2.45) is 0 Å². The van der Waals surface area contributed by atoms with Gasteiger partial charge in [-0.3, -0.25) is 19.5 Å². The molecule has 0 radical (unpaired) electrons. The van der Waals surface area contributed by atoms with Crippen LogP contribution in [0.2, 0.25) is 5.02 Å². The van der Waals surface area contributed by atoms with Gasteiger partial charge in [0.15, 0.2) is 0 Å². The van der Waals surface area contributed by atoms with Crippen LogP contribution in [0.15, 0.2) is 66.4 Å². The second-order valence-corrected chi connectivity index (χ2v) is 8.70. The standard InChI is InChI=1S/C28H25ClN2O7/c1-4-13-38-28(35)16-8-10-17(11-9-16)31-24(20-7-5-6-12-30-20)23(26(33)27(31)34)25(32)18-14-22(37-3)19(29)15-21(18)36-2/h5-12,14-15,24,32H,4,13H2,1-3H3/b25-23+. The summed E-state index contributed by atoms with van der Waals surface area (Å²) >= 11 is 6.21. The number of amides is 1. The molecule has 0 spiro atoms. The molecule has 1 atom stereocenters. The van der Waals surface area contributed by atoms with Gasteiger partial charge in [-0.25, -0.2) is 4.79 Å². The van der Waals surface area contributed by atoms with Crippen molar-refractivity contribution < 1.29 is 33.7 Å². The molecule has 4 rings (SSSR count). The topological polar surface area (TPSA) is 115 Å². The first-order valence-corrected chi connectivity index (χ1v) is 12.1. The maximum Gasteiger partial charge on any atom is 0.338 e. The Morgan fingerprint density at radius 1 is 1.05 bits per heavy atom. The van der Waals surface area contributed by atoms with Crippen molar-refractivity contribution in [3.63, 3.8) is 0 Å². The van der Waals surface area contributed by atoms with Gasteiger partial charge in [0.1, 0.15) is 23.3 Å². The van der Waals surface area contributed by atoms with Crippen LogP contribution in [0.4, 0.5) is 5.69 Å². The molecule has 196 valence electrons. The van der Waals surface area contributed by atoms with Crippen LogP contribution in [0.5, 0.6) is 11.5 Å². The summed E-state index contributed by atoms with van der Waals surface area (Å²) in [5, 5.41) is 11.7. The number of anilines is 1. The Hall–Kier alpha value is -4.37. The molecule has 1 aliphatic heterocycles. The second kappa shape index (κ2) is 11.4. The highest BCUT2D eigenvalue weighted by Gasteiger charge is 2.48. The highest BCUT2D eigenvalue weighted by molar-refractivity contribution is 6.51. The zero-order valence-corrected chi connectivity index (χ0v) is 21.7. The minimum absolute atomic E-state index is 0.113. The summed E-state index contributed by atoms with van der Waals surface area (Å²) in [5.74, 6) is -2.35. The first-order chi connectivity index (χ1) is 18.3. The molecule has 1 saturated heterocycles. The number of carbonyl (C=O) groups excluding carboxylic acids is 3. The van der Waals surface area contributed by atoms with Crippen molar-refractivity contribution in [1.82, 2.24) is 4.98 Å². The minimum Gasteiger partial charge on any atom is -0.507 e. The molecule has 38 heavy (non-hydrogen) atoms. The van der Waals surface area contributed by atoms with Crippen LogP contribution in [0.3, 0.4) is 0 Å². The molecule has 10 heteroatoms. The Balaban J connectivity index is 1.87. The molecule has 3 aromatic rings. The number of halogens is 1. The number of pyridine rings is 1. The Labute approximate surface area is 224 Å². The van der Waals surface area contributed by atoms with Crippen molar-refractivity contribution in [3.8, 4) is 11.5 Å². The Morgan fingerprint density at radius 2 is 1.76 bits per heavy atom. The predicted molar refractivity (Wildman–Crippen MR) is 141 cm³/mol. The molecule has 0 aliphatic carbocycles. The quantitative estimate of drug-likeness (QED) is 0.186. The van der Waals surface area contributed by atoms with E-state index in [1.165, 1.54) is 61.7 Å². The van der Waals surface area contributed by atoms with Crippen LogP contribution < -0.4 is 14.4 Å². The van der Waals surface area contributed by atoms with Crippen LogP contribution in [0.1, 0.15) is 41.0 Å². The summed E-state index contributed by atoms with van der Waals surface area (Å²) in [6, 6.07) is 12.9. The van der Waals surface area contributed by atoms with E-state index in [0.29, 0.717) is 23.4 Å². The lowest BCUT2D eigenvalue weighted by Gasteiger charge is -2.25. The van der Waals surface area contributed by atoms with E-state index in [4.69, 9.17) is 25.8 Å². The van der Waals surface area contributed by atoms with Crippen molar-refractivity contribution in [2.45, 2.75) is 19.4 Å². The molecule has 1 N–H and O–H groups in total. The van der Waals surface area contributed by atoms with Gasteiger partial charge in [0.05, 0.1) is 48.2 Å². The largest absolute Gasteiger partial charge is 0.507 e. The molecular formula is C28H25ClN2O7. The smallest absolute Gasteiger partial charge is 0.338 e. The summed E-state index contributed by atoms with van der Waals surface area (Å²) in [4.78, 5) is 44.6. The molecule has 1 fully saturated rings. The summed E-state index contributed by atoms with van der Waals surface area (Å²) < 4.78 is 15.8. The number of methoxy groups -OCH3 is 2. The average molecular weight is 537 g/mol. The van der Waals surface area contributed by atoms with E-state index in [1.54, 1.807) is 18.2 Å². The van der Waals surface area contributed by atoms with Gasteiger partial charge < -0.3 is 19.3 Å². The number of aromatic nitrogens is 1. The molecule has 2 heterocycles. The van der Waals surface area contributed by atoms with E-state index in [2.05, 4.69) is 4.98 Å². The second-order valence-electron chi connectivity index (χ2n) is 8.29. The number of hydrogen-bond donors (Lipinski definition) is 1. The third-order valence-electron chi connectivity index (χ3n) is 5.96. The molecule has 1 amide bonds. The Morgan fingerprint density at radius 3 is 2.37 bits per heavy atom. The highest BCUT2D eigenvalue weighted by Crippen LogP contribution is 2.44. The number of nitrogens with zero attached hydrogens (tertiary/aromatic N) is 2. The molecule has 0 bridgehead atoms. The maximum atomic E-state index is 13.4. The minimum atomic E-state index is -1.07. The van der Waals surface area contributed by atoms with Gasteiger partial charge in [0.25, 0.3) is 11.7 Å². The van der Waals surface area contributed by atoms with E-state index in [1.807, 2.05) is 6.92 Å². The number of benzene rings is 2. The fourth-order valence-corrected chi connectivity index (χ4v) is 4.37. The fourth-order valence-electron chi connectivity index (χ4n) is 4.14. The van der Waals surface area contributed by atoms with Crippen molar-refractivity contribution in [2.75, 3.05) is 25.7 Å². The summed E-state index contributed by atoms with van der Waals surface area (Å²) in [5.41, 5.74) is 0.893. The van der Waals surface area contributed by atoms with E-state index < -0.39 is 29.5 Å². The molecule has 0 saturated carbocycles. The molecule has 9 nitrogen and oxygen atoms in total. The number of ether oxygens (including phenoxy) is 3. The number of esters is 1. The van der Waals surface area contributed by atoms with E-state index in [9.17, 15) is 19.5 Å². The SMILES string of the molecule is CCCOC(=O)c1ccc(N2C(=O)C(=O)/C(=C(/O)c3cc(OC)c(Cl)cc3OC)C2c2ccccn2)cc1. The molecule has 1 aromatic heterocycles. The number of ketones is 1. The normalized spacial score (nSPS) is 16.4. The molecule has 1 unspecified atom stereocenters. The first kappa shape index (κ1) is 26.7. The predicted octanol–water partition coefficient (Wildman–Crippen LogP) is 4.95. The van der Waals surface area contributed by atoms with E-state index in [-0.39, 0.29) is 34.3 Å². The van der Waals surface area contributed by atoms with Gasteiger partial charge in [0, 0.05) is 18.0 Å². The van der Waals surface area contributed by atoms with Crippen LogP contribution in [-0.2, 0) is 14.3 Å². The van der Waals surface area contributed by atoms with Crippen LogP contribution in [0, 0.1) is 0 Å². The van der Waals surface area contributed by atoms with Crippen LogP contribution in [-0.4, -0.2) is 48.6 Å². The molecular weight excluding hydrogens is 512 g/mol. The van der Waals surface area contributed by atoms with Crippen molar-refractivity contribution >= 4 is 40.7 Å². The lowest BCUT2D eigenvalue weighted by atomic mass is 9.97. The monoisotopic (exact) mass is 536 g/mol. The van der Waals surface area contributed by atoms with E-state index in [0.717, 1.165) is 0 Å². The van der Waals surface area contributed by atoms with Crippen LogP contribution >= 0.6 is 11.6 Å². The Kier molecular flexibility index (Phi) is 7.97. The number of rotatable bonds is 8. The maximum absolute atomic E-state index is 13.4. The molecule has 1 aliphatic rings. The van der Waals surface area contributed by atoms with Gasteiger partial charge in [-0.05, 0) is 48.9 Å². The number of Topliss-reactive ketones (excluding diaryl/α,β-unsaturated/α-hetero) is 1. The van der Waals surface area contributed by atoms with Crippen molar-refractivity contribution in [1.29, 1.82) is 0 Å². The van der Waals surface area contributed by atoms with E-state index >= 15 is 0 Å². The number of aliphatic hydroxyl groups excluding tert-OH is 1. The summed E-state index contributed by atoms with van der Waals surface area (Å²) in [6.45, 7) is 2.17. The fraction of sp³-hybridized carbons (Fsp3) is 0.214. The zero-order chi connectivity index (χ0) is 27.4. The average Bonchev–Trinajstić information content (AvgIpc) is 3.21. The third kappa shape index (κ3) is 4.92. The van der Waals surface area contributed by atoms with Gasteiger partial charge in [-0.15, -0.1) is 0 Å². The number of aliphatic hydroxyl groups is 1. The van der Waals surface area contributed by atoms with Gasteiger partial charge in [-0.2, -0.15) is 0 Å². The number of carbonyl (C=O) groups is 3. The van der Waals surface area contributed by atoms with Crippen LogP contribution in [0.25, 0.3) is 5.76 Å². The molecule has 2 aromatic carbocycles. The van der Waals surface area contributed by atoms with Crippen molar-refractivity contribution in [3.05, 3.63) is 88.2 Å². The highest BCUT2D eigenvalue weighted by atomic mass is 35.5. The third-order valence-corrected chi connectivity index (χ3v) is 6.26. The Bertz CT molecular complexity index is 1400. The lowest BCUT2D eigenvalue weighted by Crippen LogP contribution is -2.29.